The normalized spacial score (nSPS) is 18.3. The predicted octanol–water partition coefficient (Wildman–Crippen LogP) is 6.99. The van der Waals surface area contributed by atoms with Gasteiger partial charge in [0.2, 0.25) is 5.91 Å². The molecule has 2 N–H and O–H groups in total. The van der Waals surface area contributed by atoms with Crippen LogP contribution in [0.4, 0.5) is 10.1 Å². The van der Waals surface area contributed by atoms with Crippen LogP contribution in [0.3, 0.4) is 0 Å². The minimum Gasteiger partial charge on any atom is -0.506 e. The summed E-state index contributed by atoms with van der Waals surface area (Å²) in [5, 5.41) is 23.4. The van der Waals surface area contributed by atoms with Gasteiger partial charge in [0, 0.05) is 31.1 Å². The van der Waals surface area contributed by atoms with Crippen LogP contribution >= 0.6 is 46.4 Å². The van der Waals surface area contributed by atoms with Crippen molar-refractivity contribution in [2.45, 2.75) is 39.8 Å². The molecule has 0 spiro atoms. The summed E-state index contributed by atoms with van der Waals surface area (Å²) >= 11 is 25.5. The number of allylic oxidation sites excluding steroid dienone is 2. The van der Waals surface area contributed by atoms with E-state index < -0.39 is 27.2 Å². The molecule has 0 radical (unpaired) electrons. The molecule has 1 aromatic carbocycles. The molecule has 2 aliphatic rings. The number of phenols is 1. The molecule has 0 bridgehead atoms. The number of rotatable bonds is 5. The molecule has 1 amide bonds. The van der Waals surface area contributed by atoms with E-state index in [1.807, 2.05) is 38.7 Å². The summed E-state index contributed by atoms with van der Waals surface area (Å²) in [5.74, 6) is -2.08. The van der Waals surface area contributed by atoms with Gasteiger partial charge in [-0.05, 0) is 49.8 Å². The van der Waals surface area contributed by atoms with Gasteiger partial charge in [0.15, 0.2) is 5.82 Å². The second kappa shape index (κ2) is 12.8. The number of nitrogens with zero attached hydrogens (tertiary/aromatic N) is 5. The number of nitrogens with one attached hydrogen (secondary N) is 1. The first kappa shape index (κ1) is 33.6. The van der Waals surface area contributed by atoms with Crippen molar-refractivity contribution in [3.05, 3.63) is 78.4 Å². The van der Waals surface area contributed by atoms with Crippen molar-refractivity contribution in [3.63, 3.8) is 0 Å². The van der Waals surface area contributed by atoms with Crippen LogP contribution in [-0.4, -0.2) is 57.2 Å². The Labute approximate surface area is 284 Å². The molecule has 4 heterocycles. The molecule has 14 heteroatoms. The molecule has 1 fully saturated rings. The van der Waals surface area contributed by atoms with Gasteiger partial charge in [-0.3, -0.25) is 14.2 Å². The molecule has 1 unspecified atom stereocenters. The Morgan fingerprint density at radius 2 is 1.93 bits per heavy atom. The third-order valence-corrected chi connectivity index (χ3v) is 9.75. The quantitative estimate of drug-likeness (QED) is 0.167. The largest absolute Gasteiger partial charge is 0.506 e. The Morgan fingerprint density at radius 1 is 1.24 bits per heavy atom. The highest BCUT2D eigenvalue weighted by atomic mass is 35.5. The van der Waals surface area contributed by atoms with E-state index in [4.69, 9.17) is 51.4 Å². The number of amides is 1. The van der Waals surface area contributed by atoms with Gasteiger partial charge in [0.1, 0.15) is 28.1 Å². The lowest BCUT2D eigenvalue weighted by Gasteiger charge is -2.41. The summed E-state index contributed by atoms with van der Waals surface area (Å²) in [5.41, 5.74) is 0.573. The number of pyridine rings is 2. The average Bonchev–Trinajstić information content (AvgIpc) is 3.02. The van der Waals surface area contributed by atoms with Gasteiger partial charge in [-0.1, -0.05) is 66.8 Å². The van der Waals surface area contributed by atoms with Crippen molar-refractivity contribution in [2.75, 3.05) is 24.5 Å². The fraction of sp³-hybridized carbons (Fsp3) is 0.312. The van der Waals surface area contributed by atoms with Gasteiger partial charge in [-0.15, -0.1) is 0 Å². The highest BCUT2D eigenvalue weighted by molar-refractivity contribution is 6.46. The molecule has 5 rings (SSSR count). The number of anilines is 1. The molecular weight excluding hydrogens is 677 g/mol. The van der Waals surface area contributed by atoms with E-state index in [-0.39, 0.29) is 56.4 Å². The maximum Gasteiger partial charge on any atom is 0.276 e. The smallest absolute Gasteiger partial charge is 0.276 e. The number of carbonyl (C=O) groups excluding carboxylic acids is 1. The minimum absolute atomic E-state index is 0.00152. The van der Waals surface area contributed by atoms with Crippen LogP contribution in [0, 0.1) is 23.1 Å². The summed E-state index contributed by atoms with van der Waals surface area (Å²) in [7, 11) is 0. The number of benzene rings is 1. The number of phenolic OH excluding ortho intramolecular Hbond substituents is 1. The van der Waals surface area contributed by atoms with Crippen molar-refractivity contribution < 1.29 is 14.3 Å². The Bertz CT molecular complexity index is 1950. The SMILES string of the molecule is C=CC(=O)N1CCN(c2c(C#N)c(=O)n(C3=C(C)C=CNC3C(C)C)c3nc(-c4c(O)c(Cl)c(F)c(Cl)c4Cl)c(Cl)cc23)C[C@H]1C. The topological polar surface area (TPSA) is 114 Å². The second-order valence-corrected chi connectivity index (χ2v) is 13.0. The number of piperazine rings is 1. The second-order valence-electron chi connectivity index (χ2n) is 11.5. The lowest BCUT2D eigenvalue weighted by Crippen LogP contribution is -2.54. The number of hydrogen-bond acceptors (Lipinski definition) is 7. The van der Waals surface area contributed by atoms with Crippen LogP contribution in [-0.2, 0) is 4.79 Å². The van der Waals surface area contributed by atoms with Gasteiger partial charge in [-0.2, -0.15) is 5.26 Å². The van der Waals surface area contributed by atoms with E-state index in [1.54, 1.807) is 11.1 Å². The number of halogens is 5. The predicted molar refractivity (Wildman–Crippen MR) is 181 cm³/mol. The molecule has 9 nitrogen and oxygen atoms in total. The molecule has 3 aromatic rings. The number of dihydropyridines is 1. The average molecular weight is 706 g/mol. The molecule has 2 aromatic heterocycles. The summed E-state index contributed by atoms with van der Waals surface area (Å²) in [4.78, 5) is 35.3. The van der Waals surface area contributed by atoms with E-state index in [9.17, 15) is 24.3 Å². The van der Waals surface area contributed by atoms with Gasteiger partial charge >= 0.3 is 0 Å². The highest BCUT2D eigenvalue weighted by Gasteiger charge is 2.34. The summed E-state index contributed by atoms with van der Waals surface area (Å²) in [6, 6.07) is 2.99. The zero-order valence-corrected chi connectivity index (χ0v) is 28.3. The van der Waals surface area contributed by atoms with Crippen molar-refractivity contribution in [3.8, 4) is 23.1 Å². The molecule has 0 saturated carbocycles. The number of aromatic nitrogens is 2. The lowest BCUT2D eigenvalue weighted by molar-refractivity contribution is -0.128. The monoisotopic (exact) mass is 704 g/mol. The van der Waals surface area contributed by atoms with E-state index in [2.05, 4.69) is 18.0 Å². The Balaban J connectivity index is 1.91. The summed E-state index contributed by atoms with van der Waals surface area (Å²) in [6.45, 7) is 12.2. The maximum atomic E-state index is 14.6. The van der Waals surface area contributed by atoms with Crippen LogP contribution in [0.2, 0.25) is 20.1 Å². The highest BCUT2D eigenvalue weighted by Crippen LogP contribution is 2.49. The van der Waals surface area contributed by atoms with Crippen LogP contribution < -0.4 is 15.8 Å². The number of hydrogen-bond donors (Lipinski definition) is 2. The van der Waals surface area contributed by atoms with E-state index in [1.165, 1.54) is 16.7 Å². The zero-order valence-electron chi connectivity index (χ0n) is 25.3. The maximum absolute atomic E-state index is 14.6. The molecule has 1 saturated heterocycles. The number of aromatic hydroxyl groups is 1. The van der Waals surface area contributed by atoms with E-state index in [0.717, 1.165) is 5.57 Å². The van der Waals surface area contributed by atoms with Crippen molar-refractivity contribution in [1.82, 2.24) is 19.8 Å². The van der Waals surface area contributed by atoms with E-state index in [0.29, 0.717) is 36.4 Å². The molecule has 0 aliphatic carbocycles. The molecule has 2 atom stereocenters. The number of carbonyl (C=O) groups is 1. The number of nitriles is 1. The van der Waals surface area contributed by atoms with Gasteiger partial charge in [0.25, 0.3) is 5.56 Å². The Kier molecular flexibility index (Phi) is 9.35. The Morgan fingerprint density at radius 3 is 2.54 bits per heavy atom. The standard InChI is InChI=1S/C32H29Cl4FN6O3/c1-6-20(44)42-10-9-41(13-16(42)5)29-17-11-19(33)27(21-22(34)23(35)25(37)24(36)30(21)45)40-31(17)43(32(46)18(29)12-38)28-15(4)7-8-39-26(28)14(2)3/h6-8,11,14,16,26,39,45H,1,9-10,13H2,2-5H3/t16-,26?/m1/s1. The third-order valence-electron chi connectivity index (χ3n) is 8.28. The Hall–Kier alpha value is -3.75. The minimum atomic E-state index is -1.12. The van der Waals surface area contributed by atoms with E-state index >= 15 is 0 Å². The first-order valence-electron chi connectivity index (χ1n) is 14.3. The van der Waals surface area contributed by atoms with Crippen LogP contribution in [0.25, 0.3) is 28.0 Å². The van der Waals surface area contributed by atoms with Gasteiger partial charge in [-0.25, -0.2) is 9.37 Å². The zero-order chi connectivity index (χ0) is 33.8. The van der Waals surface area contributed by atoms with Crippen LogP contribution in [0.5, 0.6) is 5.75 Å². The fourth-order valence-corrected chi connectivity index (χ4v) is 6.98. The van der Waals surface area contributed by atoms with Gasteiger partial charge < -0.3 is 20.2 Å². The van der Waals surface area contributed by atoms with Gasteiger partial charge in [0.05, 0.1) is 43.8 Å². The van der Waals surface area contributed by atoms with Crippen molar-refractivity contribution in [1.29, 1.82) is 5.26 Å². The van der Waals surface area contributed by atoms with Crippen molar-refractivity contribution in [2.24, 2.45) is 5.92 Å². The molecule has 240 valence electrons. The molecule has 2 aliphatic heterocycles. The van der Waals surface area contributed by atoms with Crippen LogP contribution in [0.15, 0.2) is 41.4 Å². The molecular formula is C32H29Cl4FN6O3. The number of fused-ring (bicyclic) bond motifs is 1. The lowest BCUT2D eigenvalue weighted by atomic mass is 9.94. The first-order valence-corrected chi connectivity index (χ1v) is 15.8. The van der Waals surface area contributed by atoms with Crippen LogP contribution in [0.1, 0.15) is 33.3 Å². The van der Waals surface area contributed by atoms with Crippen molar-refractivity contribution >= 4 is 74.7 Å². The fourth-order valence-electron chi connectivity index (χ4n) is 6.05. The summed E-state index contributed by atoms with van der Waals surface area (Å²) < 4.78 is 16.0. The third kappa shape index (κ3) is 5.39. The first-order chi connectivity index (χ1) is 21.7. The molecule has 46 heavy (non-hydrogen) atoms. The summed E-state index contributed by atoms with van der Waals surface area (Å²) in [6.07, 6.45) is 4.85.